The van der Waals surface area contributed by atoms with Crippen molar-refractivity contribution < 1.29 is 4.79 Å². The van der Waals surface area contributed by atoms with E-state index in [1.165, 1.54) is 11.3 Å². The van der Waals surface area contributed by atoms with Crippen molar-refractivity contribution in [2.24, 2.45) is 0 Å². The van der Waals surface area contributed by atoms with Gasteiger partial charge in [-0.1, -0.05) is 18.2 Å². The van der Waals surface area contributed by atoms with Crippen LogP contribution in [0.4, 0.5) is 11.4 Å². The Morgan fingerprint density at radius 3 is 2.21 bits per heavy atom. The molecule has 0 unspecified atom stereocenters. The van der Waals surface area contributed by atoms with Crippen molar-refractivity contribution in [1.82, 2.24) is 9.88 Å². The van der Waals surface area contributed by atoms with Crippen molar-refractivity contribution >= 4 is 17.3 Å². The molecule has 1 fully saturated rings. The molecule has 0 saturated carbocycles. The zero-order chi connectivity index (χ0) is 19.2. The number of anilines is 2. The number of amides is 1. The van der Waals surface area contributed by atoms with Crippen LogP contribution in [0.15, 0.2) is 79.1 Å². The number of pyridine rings is 1. The first-order chi connectivity index (χ1) is 13.8. The Hall–Kier alpha value is -3.34. The molecule has 0 aliphatic carbocycles. The van der Waals surface area contributed by atoms with Crippen LogP contribution in [0.5, 0.6) is 0 Å². The average molecular weight is 372 g/mol. The number of carbonyl (C=O) groups is 1. The molecule has 5 nitrogen and oxygen atoms in total. The van der Waals surface area contributed by atoms with E-state index in [0.29, 0.717) is 0 Å². The molecule has 1 N–H and O–H groups in total. The maximum absolute atomic E-state index is 12.6. The predicted molar refractivity (Wildman–Crippen MR) is 113 cm³/mol. The van der Waals surface area contributed by atoms with Gasteiger partial charge in [0.05, 0.1) is 0 Å². The molecule has 2 aromatic carbocycles. The van der Waals surface area contributed by atoms with E-state index in [4.69, 9.17) is 0 Å². The molecular weight excluding hydrogens is 348 g/mol. The number of benzene rings is 2. The summed E-state index contributed by atoms with van der Waals surface area (Å²) in [6.45, 7) is 3.97. The fourth-order valence-corrected chi connectivity index (χ4v) is 3.43. The van der Waals surface area contributed by atoms with E-state index in [1.54, 1.807) is 0 Å². The quantitative estimate of drug-likeness (QED) is 0.743. The lowest BCUT2D eigenvalue weighted by atomic mass is 10.1. The van der Waals surface area contributed by atoms with Crippen LogP contribution in [0, 0.1) is 0 Å². The highest BCUT2D eigenvalue weighted by molar-refractivity contribution is 5.94. The summed E-state index contributed by atoms with van der Waals surface area (Å²) >= 11 is 0. The third-order valence-electron chi connectivity index (χ3n) is 5.07. The standard InChI is InChI=1S/C23H24N4O/c28-23(20-4-2-1-3-5-20)27-16-14-26(15-17-27)22-8-6-21(7-9-22)25-18-19-10-12-24-13-11-19/h1-13,25H,14-18H2. The third kappa shape index (κ3) is 4.31. The zero-order valence-electron chi connectivity index (χ0n) is 15.8. The molecule has 0 radical (unpaired) electrons. The van der Waals surface area contributed by atoms with E-state index in [0.717, 1.165) is 44.0 Å². The number of aromatic nitrogens is 1. The van der Waals surface area contributed by atoms with Gasteiger partial charge in [0.1, 0.15) is 0 Å². The Morgan fingerprint density at radius 2 is 1.54 bits per heavy atom. The summed E-state index contributed by atoms with van der Waals surface area (Å²) in [6.07, 6.45) is 3.62. The van der Waals surface area contributed by atoms with Crippen LogP contribution in [0.25, 0.3) is 0 Å². The first kappa shape index (κ1) is 18.0. The first-order valence-corrected chi connectivity index (χ1v) is 9.62. The SMILES string of the molecule is O=C(c1ccccc1)N1CCN(c2ccc(NCc3ccncc3)cc2)CC1. The Kier molecular flexibility index (Phi) is 5.52. The summed E-state index contributed by atoms with van der Waals surface area (Å²) in [7, 11) is 0. The molecule has 0 spiro atoms. The van der Waals surface area contributed by atoms with Crippen LogP contribution in [0.3, 0.4) is 0 Å². The minimum atomic E-state index is 0.121. The smallest absolute Gasteiger partial charge is 0.253 e. The number of hydrogen-bond donors (Lipinski definition) is 1. The van der Waals surface area contributed by atoms with Gasteiger partial charge < -0.3 is 15.1 Å². The monoisotopic (exact) mass is 372 g/mol. The van der Waals surface area contributed by atoms with Crippen molar-refractivity contribution in [1.29, 1.82) is 0 Å². The molecule has 2 heterocycles. The van der Waals surface area contributed by atoms with Gasteiger partial charge in [-0.3, -0.25) is 9.78 Å². The Bertz CT molecular complexity index is 889. The van der Waals surface area contributed by atoms with E-state index in [9.17, 15) is 4.79 Å². The second-order valence-electron chi connectivity index (χ2n) is 6.90. The maximum Gasteiger partial charge on any atom is 0.253 e. The maximum atomic E-state index is 12.6. The van der Waals surface area contributed by atoms with Gasteiger partial charge in [0.25, 0.3) is 5.91 Å². The largest absolute Gasteiger partial charge is 0.381 e. The van der Waals surface area contributed by atoms with Crippen molar-refractivity contribution in [2.45, 2.75) is 6.54 Å². The summed E-state index contributed by atoms with van der Waals surface area (Å²) in [4.78, 5) is 20.9. The topological polar surface area (TPSA) is 48.5 Å². The second kappa shape index (κ2) is 8.57. The summed E-state index contributed by atoms with van der Waals surface area (Å²) in [5, 5.41) is 3.43. The summed E-state index contributed by atoms with van der Waals surface area (Å²) in [5.41, 5.74) is 4.26. The van der Waals surface area contributed by atoms with Gasteiger partial charge in [0.2, 0.25) is 0 Å². The van der Waals surface area contributed by atoms with Crippen molar-refractivity contribution in [3.63, 3.8) is 0 Å². The van der Waals surface area contributed by atoms with E-state index in [2.05, 4.69) is 39.5 Å². The van der Waals surface area contributed by atoms with Gasteiger partial charge >= 0.3 is 0 Å². The van der Waals surface area contributed by atoms with E-state index >= 15 is 0 Å². The number of nitrogens with one attached hydrogen (secondary N) is 1. The minimum absolute atomic E-state index is 0.121. The molecule has 1 aromatic heterocycles. The van der Waals surface area contributed by atoms with Crippen molar-refractivity contribution in [3.05, 3.63) is 90.3 Å². The lowest BCUT2D eigenvalue weighted by Gasteiger charge is -2.36. The van der Waals surface area contributed by atoms with Gasteiger partial charge in [-0.25, -0.2) is 0 Å². The summed E-state index contributed by atoms with van der Waals surface area (Å²) in [6, 6.07) is 22.0. The second-order valence-corrected chi connectivity index (χ2v) is 6.90. The molecule has 28 heavy (non-hydrogen) atoms. The molecule has 0 bridgehead atoms. The number of rotatable bonds is 5. The Labute approximate surface area is 165 Å². The van der Waals surface area contributed by atoms with Gasteiger partial charge in [-0.05, 0) is 54.1 Å². The van der Waals surface area contributed by atoms with Crippen LogP contribution in [-0.4, -0.2) is 42.0 Å². The molecule has 1 saturated heterocycles. The molecule has 3 aromatic rings. The molecule has 142 valence electrons. The zero-order valence-corrected chi connectivity index (χ0v) is 15.8. The predicted octanol–water partition coefficient (Wildman–Crippen LogP) is 3.66. The highest BCUT2D eigenvalue weighted by Gasteiger charge is 2.22. The summed E-state index contributed by atoms with van der Waals surface area (Å²) < 4.78 is 0. The van der Waals surface area contributed by atoms with Crippen LogP contribution in [-0.2, 0) is 6.54 Å². The molecule has 5 heteroatoms. The molecule has 1 amide bonds. The van der Waals surface area contributed by atoms with Crippen LogP contribution in [0.2, 0.25) is 0 Å². The molecular formula is C23H24N4O. The van der Waals surface area contributed by atoms with E-state index < -0.39 is 0 Å². The Morgan fingerprint density at radius 1 is 0.857 bits per heavy atom. The first-order valence-electron chi connectivity index (χ1n) is 9.62. The number of piperazine rings is 1. The minimum Gasteiger partial charge on any atom is -0.381 e. The highest BCUT2D eigenvalue weighted by atomic mass is 16.2. The fourth-order valence-electron chi connectivity index (χ4n) is 3.43. The van der Waals surface area contributed by atoms with E-state index in [-0.39, 0.29) is 5.91 Å². The number of carbonyl (C=O) groups excluding carboxylic acids is 1. The normalized spacial score (nSPS) is 14.0. The summed E-state index contributed by atoms with van der Waals surface area (Å²) in [5.74, 6) is 0.121. The molecule has 1 aliphatic rings. The third-order valence-corrected chi connectivity index (χ3v) is 5.07. The molecule has 0 atom stereocenters. The lowest BCUT2D eigenvalue weighted by Crippen LogP contribution is -2.48. The number of nitrogens with zero attached hydrogens (tertiary/aromatic N) is 3. The van der Waals surface area contributed by atoms with Gasteiger partial charge in [-0.2, -0.15) is 0 Å². The lowest BCUT2D eigenvalue weighted by molar-refractivity contribution is 0.0747. The van der Waals surface area contributed by atoms with Crippen molar-refractivity contribution in [3.8, 4) is 0 Å². The van der Waals surface area contributed by atoms with Crippen LogP contribution >= 0.6 is 0 Å². The molecule has 4 rings (SSSR count). The van der Waals surface area contributed by atoms with Crippen LogP contribution in [0.1, 0.15) is 15.9 Å². The Balaban J connectivity index is 1.30. The van der Waals surface area contributed by atoms with Crippen molar-refractivity contribution in [2.75, 3.05) is 36.4 Å². The van der Waals surface area contributed by atoms with E-state index in [1.807, 2.05) is 59.8 Å². The highest BCUT2D eigenvalue weighted by Crippen LogP contribution is 2.20. The molecule has 1 aliphatic heterocycles. The van der Waals surface area contributed by atoms with Gasteiger partial charge in [-0.15, -0.1) is 0 Å². The van der Waals surface area contributed by atoms with Crippen LogP contribution < -0.4 is 10.2 Å². The van der Waals surface area contributed by atoms with Gasteiger partial charge in [0, 0.05) is 62.1 Å². The average Bonchev–Trinajstić information content (AvgIpc) is 2.79. The fraction of sp³-hybridized carbons (Fsp3) is 0.217. The number of hydrogen-bond acceptors (Lipinski definition) is 4. The van der Waals surface area contributed by atoms with Gasteiger partial charge in [0.15, 0.2) is 0 Å².